The Labute approximate surface area is 175 Å². The second-order valence-corrected chi connectivity index (χ2v) is 7.63. The standard InChI is InChI=1S/C20H16ClN5O2S/c1-12-6-2-5-9-15(12)22-18(28)11-29-20-24-19(13-7-3-4-8-14(13)21)23-16-10-17(27)25-26(16)20/h2-10H,11H2,1H3,(H,22,28)(H,25,27). The summed E-state index contributed by atoms with van der Waals surface area (Å²) in [6.07, 6.45) is 0. The van der Waals surface area contributed by atoms with E-state index in [1.165, 1.54) is 22.3 Å². The Balaban J connectivity index is 1.62. The molecule has 7 nitrogen and oxygen atoms in total. The summed E-state index contributed by atoms with van der Waals surface area (Å²) >= 11 is 7.47. The van der Waals surface area contributed by atoms with Gasteiger partial charge in [-0.25, -0.2) is 14.5 Å². The third kappa shape index (κ3) is 4.18. The van der Waals surface area contributed by atoms with Gasteiger partial charge in [-0.05, 0) is 30.7 Å². The lowest BCUT2D eigenvalue weighted by Gasteiger charge is -2.10. The van der Waals surface area contributed by atoms with E-state index in [4.69, 9.17) is 11.6 Å². The van der Waals surface area contributed by atoms with Crippen LogP contribution in [0.5, 0.6) is 0 Å². The van der Waals surface area contributed by atoms with Gasteiger partial charge in [0.2, 0.25) is 5.91 Å². The first-order valence-electron chi connectivity index (χ1n) is 8.74. The van der Waals surface area contributed by atoms with E-state index in [0.29, 0.717) is 27.2 Å². The normalized spacial score (nSPS) is 11.0. The van der Waals surface area contributed by atoms with Crippen molar-refractivity contribution in [3.8, 4) is 11.4 Å². The summed E-state index contributed by atoms with van der Waals surface area (Å²) in [4.78, 5) is 33.2. The van der Waals surface area contributed by atoms with Gasteiger partial charge in [-0.3, -0.25) is 14.7 Å². The van der Waals surface area contributed by atoms with Crippen molar-refractivity contribution in [1.29, 1.82) is 0 Å². The fraction of sp³-hybridized carbons (Fsp3) is 0.100. The third-order valence-corrected chi connectivity index (χ3v) is 5.46. The molecule has 4 aromatic rings. The van der Waals surface area contributed by atoms with Crippen LogP contribution in [0.3, 0.4) is 0 Å². The van der Waals surface area contributed by atoms with Crippen LogP contribution in [-0.4, -0.2) is 31.2 Å². The number of aromatic amines is 1. The summed E-state index contributed by atoms with van der Waals surface area (Å²) in [7, 11) is 0. The summed E-state index contributed by atoms with van der Waals surface area (Å²) < 4.78 is 1.47. The van der Waals surface area contributed by atoms with E-state index in [0.717, 1.165) is 11.3 Å². The van der Waals surface area contributed by atoms with Crippen LogP contribution in [0.4, 0.5) is 5.69 Å². The molecule has 2 N–H and O–H groups in total. The maximum Gasteiger partial charge on any atom is 0.266 e. The van der Waals surface area contributed by atoms with Gasteiger partial charge in [0.15, 0.2) is 16.6 Å². The number of halogens is 1. The minimum absolute atomic E-state index is 0.114. The molecule has 9 heteroatoms. The van der Waals surface area contributed by atoms with E-state index >= 15 is 0 Å². The quantitative estimate of drug-likeness (QED) is 0.475. The van der Waals surface area contributed by atoms with Crippen molar-refractivity contribution in [1.82, 2.24) is 19.6 Å². The molecule has 2 heterocycles. The van der Waals surface area contributed by atoms with E-state index in [1.54, 1.807) is 12.1 Å². The van der Waals surface area contributed by atoms with Gasteiger partial charge in [0.1, 0.15) is 0 Å². The van der Waals surface area contributed by atoms with Gasteiger partial charge in [0.05, 0.1) is 10.8 Å². The van der Waals surface area contributed by atoms with Crippen LogP contribution < -0.4 is 10.9 Å². The van der Waals surface area contributed by atoms with Crippen molar-refractivity contribution in [3.05, 3.63) is 75.5 Å². The van der Waals surface area contributed by atoms with Crippen LogP contribution in [0.1, 0.15) is 5.56 Å². The maximum absolute atomic E-state index is 12.4. The molecule has 2 aromatic carbocycles. The number of hydrogen-bond acceptors (Lipinski definition) is 5. The molecule has 0 bridgehead atoms. The van der Waals surface area contributed by atoms with Gasteiger partial charge in [0, 0.05) is 17.3 Å². The third-order valence-electron chi connectivity index (χ3n) is 4.19. The number of hydrogen-bond donors (Lipinski definition) is 2. The number of carbonyl (C=O) groups excluding carboxylic acids is 1. The maximum atomic E-state index is 12.4. The molecular formula is C20H16ClN5O2S. The molecule has 0 unspecified atom stereocenters. The molecule has 4 rings (SSSR count). The number of benzene rings is 2. The zero-order valence-electron chi connectivity index (χ0n) is 15.3. The number of nitrogens with zero attached hydrogens (tertiary/aromatic N) is 3. The monoisotopic (exact) mass is 425 g/mol. The number of aromatic nitrogens is 4. The first-order chi connectivity index (χ1) is 14.0. The number of carbonyl (C=O) groups is 1. The first kappa shape index (κ1) is 19.2. The molecule has 0 radical (unpaired) electrons. The number of fused-ring (bicyclic) bond motifs is 1. The van der Waals surface area contributed by atoms with Crippen molar-refractivity contribution in [2.45, 2.75) is 12.1 Å². The topological polar surface area (TPSA) is 92.2 Å². The van der Waals surface area contributed by atoms with Crippen molar-refractivity contribution in [3.63, 3.8) is 0 Å². The molecule has 0 fully saturated rings. The highest BCUT2D eigenvalue weighted by atomic mass is 35.5. The van der Waals surface area contributed by atoms with Gasteiger partial charge in [-0.1, -0.05) is 53.7 Å². The summed E-state index contributed by atoms with van der Waals surface area (Å²) in [6.45, 7) is 1.93. The van der Waals surface area contributed by atoms with Crippen LogP contribution in [0.2, 0.25) is 5.02 Å². The van der Waals surface area contributed by atoms with E-state index in [-0.39, 0.29) is 17.2 Å². The average Bonchev–Trinajstić information content (AvgIpc) is 3.08. The van der Waals surface area contributed by atoms with Gasteiger partial charge in [-0.2, -0.15) is 0 Å². The largest absolute Gasteiger partial charge is 0.325 e. The molecule has 0 saturated heterocycles. The second-order valence-electron chi connectivity index (χ2n) is 6.28. The molecule has 0 saturated carbocycles. The molecule has 0 aliphatic rings. The highest BCUT2D eigenvalue weighted by Gasteiger charge is 2.15. The number of anilines is 1. The van der Waals surface area contributed by atoms with Crippen molar-refractivity contribution >= 4 is 40.6 Å². The van der Waals surface area contributed by atoms with Gasteiger partial charge in [-0.15, -0.1) is 0 Å². The van der Waals surface area contributed by atoms with Gasteiger partial charge in [0.25, 0.3) is 5.56 Å². The van der Waals surface area contributed by atoms with E-state index < -0.39 is 0 Å². The SMILES string of the molecule is Cc1ccccc1NC(=O)CSc1nc(-c2ccccc2Cl)nc2cc(=O)[nH]n12. The summed E-state index contributed by atoms with van der Waals surface area (Å²) in [5, 5.41) is 6.48. The Bertz CT molecular complexity index is 1270. The van der Waals surface area contributed by atoms with Crippen molar-refractivity contribution < 1.29 is 4.79 Å². The Hall–Kier alpha value is -3.10. The van der Waals surface area contributed by atoms with Crippen molar-refractivity contribution in [2.75, 3.05) is 11.1 Å². The number of aryl methyl sites for hydroxylation is 1. The van der Waals surface area contributed by atoms with E-state index in [1.807, 2.05) is 43.3 Å². The molecule has 0 aliphatic carbocycles. The highest BCUT2D eigenvalue weighted by molar-refractivity contribution is 7.99. The zero-order valence-corrected chi connectivity index (χ0v) is 16.9. The number of thioether (sulfide) groups is 1. The summed E-state index contributed by atoms with van der Waals surface area (Å²) in [6, 6.07) is 16.1. The number of H-pyrrole nitrogens is 1. The van der Waals surface area contributed by atoms with Crippen molar-refractivity contribution in [2.24, 2.45) is 0 Å². The lowest BCUT2D eigenvalue weighted by molar-refractivity contribution is -0.113. The van der Waals surface area contributed by atoms with Gasteiger partial charge < -0.3 is 5.32 Å². The van der Waals surface area contributed by atoms with Crippen LogP contribution in [0.15, 0.2) is 64.5 Å². The number of rotatable bonds is 5. The number of nitrogens with one attached hydrogen (secondary N) is 2. The lowest BCUT2D eigenvalue weighted by atomic mass is 10.2. The molecule has 146 valence electrons. The molecule has 0 atom stereocenters. The van der Waals surface area contributed by atoms with Crippen LogP contribution >= 0.6 is 23.4 Å². The highest BCUT2D eigenvalue weighted by Crippen LogP contribution is 2.27. The first-order valence-corrected chi connectivity index (χ1v) is 10.1. The molecule has 0 spiro atoms. The Morgan fingerprint density at radius 2 is 1.93 bits per heavy atom. The average molecular weight is 426 g/mol. The fourth-order valence-corrected chi connectivity index (χ4v) is 3.74. The van der Waals surface area contributed by atoms with Crippen LogP contribution in [0.25, 0.3) is 17.0 Å². The minimum Gasteiger partial charge on any atom is -0.325 e. The predicted octanol–water partition coefficient (Wildman–Crippen LogP) is 3.78. The van der Waals surface area contributed by atoms with Crippen LogP contribution in [0, 0.1) is 6.92 Å². The zero-order chi connectivity index (χ0) is 20.4. The van der Waals surface area contributed by atoms with E-state index in [9.17, 15) is 9.59 Å². The molecule has 1 amide bonds. The molecule has 0 aliphatic heterocycles. The smallest absolute Gasteiger partial charge is 0.266 e. The predicted molar refractivity (Wildman–Crippen MR) is 115 cm³/mol. The van der Waals surface area contributed by atoms with Crippen LogP contribution in [-0.2, 0) is 4.79 Å². The fourth-order valence-electron chi connectivity index (χ4n) is 2.77. The Morgan fingerprint density at radius 1 is 1.17 bits per heavy atom. The second kappa shape index (κ2) is 8.10. The van der Waals surface area contributed by atoms with E-state index in [2.05, 4.69) is 20.4 Å². The summed E-state index contributed by atoms with van der Waals surface area (Å²) in [5.41, 5.74) is 2.49. The molecular weight excluding hydrogens is 410 g/mol. The molecule has 29 heavy (non-hydrogen) atoms. The number of amides is 1. The molecule has 2 aromatic heterocycles. The Kier molecular flexibility index (Phi) is 5.37. The summed E-state index contributed by atoms with van der Waals surface area (Å²) in [5.74, 6) is 0.323. The number of para-hydroxylation sites is 1. The Morgan fingerprint density at radius 3 is 2.72 bits per heavy atom. The lowest BCUT2D eigenvalue weighted by Crippen LogP contribution is -2.15. The minimum atomic E-state index is -0.304. The van der Waals surface area contributed by atoms with Gasteiger partial charge >= 0.3 is 0 Å².